The Morgan fingerprint density at radius 3 is 2.50 bits per heavy atom. The number of esters is 1. The Bertz CT molecular complexity index is 910. The zero-order chi connectivity index (χ0) is 19.3. The quantitative estimate of drug-likeness (QED) is 0.147. The summed E-state index contributed by atoms with van der Waals surface area (Å²) in [7, 11) is 0. The fourth-order valence-electron chi connectivity index (χ4n) is 1.91. The van der Waals surface area contributed by atoms with Gasteiger partial charge in [-0.15, -0.1) is 0 Å². The molecular formula is C17H13F2N3O3S. The number of aryl methyl sites for hydroxylation is 1. The summed E-state index contributed by atoms with van der Waals surface area (Å²) >= 11 is 0.877. The van der Waals surface area contributed by atoms with E-state index < -0.39 is 34.8 Å². The smallest absolute Gasteiger partial charge is 0.446 e. The SMILES string of the molecule is CCOC(=O)C(=[N+]=[N-])C(=O)c1cc(F)c(Sc2ccc(C)cc2)nc1F. The number of carbonyl (C=O) groups is 2. The largest absolute Gasteiger partial charge is 0.457 e. The van der Waals surface area contributed by atoms with E-state index in [-0.39, 0.29) is 11.6 Å². The molecule has 0 bridgehead atoms. The lowest BCUT2D eigenvalue weighted by Crippen LogP contribution is -2.28. The van der Waals surface area contributed by atoms with E-state index in [4.69, 9.17) is 5.53 Å². The number of carbonyl (C=O) groups excluding carboxylic acids is 2. The van der Waals surface area contributed by atoms with Crippen molar-refractivity contribution in [2.75, 3.05) is 6.61 Å². The number of rotatable bonds is 6. The van der Waals surface area contributed by atoms with Gasteiger partial charge in [-0.1, -0.05) is 29.5 Å². The van der Waals surface area contributed by atoms with Crippen molar-refractivity contribution in [3.05, 3.63) is 58.8 Å². The highest BCUT2D eigenvalue weighted by atomic mass is 32.2. The number of pyridine rings is 1. The third-order valence-corrected chi connectivity index (χ3v) is 4.15. The fourth-order valence-corrected chi connectivity index (χ4v) is 2.68. The molecule has 0 amide bonds. The molecule has 0 saturated heterocycles. The van der Waals surface area contributed by atoms with E-state index in [9.17, 15) is 18.4 Å². The Kier molecular flexibility index (Phi) is 6.32. The van der Waals surface area contributed by atoms with Gasteiger partial charge in [0.25, 0.3) is 5.78 Å². The molecule has 26 heavy (non-hydrogen) atoms. The lowest BCUT2D eigenvalue weighted by atomic mass is 10.1. The normalized spacial score (nSPS) is 10.2. The van der Waals surface area contributed by atoms with E-state index in [0.29, 0.717) is 11.0 Å². The molecule has 2 rings (SSSR count). The minimum Gasteiger partial charge on any atom is -0.457 e. The molecule has 0 aliphatic rings. The van der Waals surface area contributed by atoms with Crippen LogP contribution in [0.1, 0.15) is 22.8 Å². The highest BCUT2D eigenvalue weighted by Crippen LogP contribution is 2.29. The molecule has 134 valence electrons. The van der Waals surface area contributed by atoms with Crippen LogP contribution in [-0.4, -0.2) is 33.8 Å². The number of Topliss-reactive ketones (excluding diaryl/α,β-unsaturated/α-hetero) is 1. The molecule has 0 radical (unpaired) electrons. The second kappa shape index (κ2) is 8.46. The zero-order valence-electron chi connectivity index (χ0n) is 13.8. The zero-order valence-corrected chi connectivity index (χ0v) is 14.6. The van der Waals surface area contributed by atoms with Crippen LogP contribution in [0.25, 0.3) is 5.53 Å². The van der Waals surface area contributed by atoms with Crippen LogP contribution in [-0.2, 0) is 9.53 Å². The van der Waals surface area contributed by atoms with Crippen molar-refractivity contribution in [1.29, 1.82) is 0 Å². The van der Waals surface area contributed by atoms with Gasteiger partial charge in [0, 0.05) is 4.90 Å². The molecule has 9 heteroatoms. The molecule has 0 atom stereocenters. The van der Waals surface area contributed by atoms with Crippen LogP contribution < -0.4 is 0 Å². The second-order valence-electron chi connectivity index (χ2n) is 5.03. The molecule has 0 fully saturated rings. The lowest BCUT2D eigenvalue weighted by molar-refractivity contribution is -0.139. The fraction of sp³-hybridized carbons (Fsp3) is 0.176. The topological polar surface area (TPSA) is 92.7 Å². The summed E-state index contributed by atoms with van der Waals surface area (Å²) in [5, 5.41) is -0.276. The van der Waals surface area contributed by atoms with E-state index in [1.807, 2.05) is 6.92 Å². The molecule has 0 saturated carbocycles. The predicted molar refractivity (Wildman–Crippen MR) is 89.0 cm³/mol. The van der Waals surface area contributed by atoms with Gasteiger partial charge >= 0.3 is 11.7 Å². The van der Waals surface area contributed by atoms with Crippen molar-refractivity contribution in [1.82, 2.24) is 4.98 Å². The maximum atomic E-state index is 14.3. The van der Waals surface area contributed by atoms with Crippen molar-refractivity contribution in [3.63, 3.8) is 0 Å². The summed E-state index contributed by atoms with van der Waals surface area (Å²) in [4.78, 5) is 30.3. The van der Waals surface area contributed by atoms with Crippen LogP contribution in [0.4, 0.5) is 8.78 Å². The van der Waals surface area contributed by atoms with Crippen LogP contribution in [0.2, 0.25) is 0 Å². The summed E-state index contributed by atoms with van der Waals surface area (Å²) in [5.74, 6) is -4.84. The summed E-state index contributed by atoms with van der Waals surface area (Å²) in [6, 6.07) is 7.64. The molecule has 2 aromatic rings. The maximum Gasteiger partial charge on any atom is 0.446 e. The molecule has 6 nitrogen and oxygen atoms in total. The van der Waals surface area contributed by atoms with Gasteiger partial charge in [0.2, 0.25) is 5.95 Å². The molecule has 1 aromatic carbocycles. The van der Waals surface area contributed by atoms with Gasteiger partial charge in [-0.3, -0.25) is 4.79 Å². The van der Waals surface area contributed by atoms with Crippen molar-refractivity contribution in [2.45, 2.75) is 23.8 Å². The minimum atomic E-state index is -1.33. The highest BCUT2D eigenvalue weighted by molar-refractivity contribution is 7.99. The van der Waals surface area contributed by atoms with Crippen molar-refractivity contribution in [3.8, 4) is 0 Å². The molecule has 0 unspecified atom stereocenters. The Hall–Kier alpha value is -2.90. The molecule has 0 N–H and O–H groups in total. The minimum absolute atomic E-state index is 0.0909. The van der Waals surface area contributed by atoms with Crippen LogP contribution in [0.5, 0.6) is 0 Å². The molecule has 0 spiro atoms. The van der Waals surface area contributed by atoms with Gasteiger partial charge in [0.1, 0.15) is 5.03 Å². The number of ether oxygens (including phenoxy) is 1. The third-order valence-electron chi connectivity index (χ3n) is 3.16. The third kappa shape index (κ3) is 4.38. The Morgan fingerprint density at radius 2 is 1.92 bits per heavy atom. The number of hydrogen-bond donors (Lipinski definition) is 0. The van der Waals surface area contributed by atoms with Crippen LogP contribution in [0.3, 0.4) is 0 Å². The Morgan fingerprint density at radius 1 is 1.27 bits per heavy atom. The average molecular weight is 377 g/mol. The van der Waals surface area contributed by atoms with Crippen LogP contribution in [0, 0.1) is 18.7 Å². The van der Waals surface area contributed by atoms with Crippen LogP contribution >= 0.6 is 11.8 Å². The number of nitrogens with zero attached hydrogens (tertiary/aromatic N) is 3. The first-order valence-corrected chi connectivity index (χ1v) is 8.23. The molecule has 0 aliphatic carbocycles. The first-order chi connectivity index (χ1) is 12.4. The maximum absolute atomic E-state index is 14.3. The highest BCUT2D eigenvalue weighted by Gasteiger charge is 2.35. The molecular weight excluding hydrogens is 364 g/mol. The molecule has 1 aromatic heterocycles. The standard InChI is InChI=1S/C17H13F2N3O3S/c1-3-25-17(24)13(22-20)14(23)11-8-12(18)16(21-15(11)19)26-10-6-4-9(2)5-7-10/h4-8H,3H2,1-2H3. The van der Waals surface area contributed by atoms with E-state index in [1.165, 1.54) is 6.92 Å². The average Bonchev–Trinajstić information content (AvgIpc) is 2.60. The molecule has 1 heterocycles. The van der Waals surface area contributed by atoms with Gasteiger partial charge in [0.15, 0.2) is 5.82 Å². The van der Waals surface area contributed by atoms with Crippen LogP contribution in [0.15, 0.2) is 40.3 Å². The number of ketones is 1. The lowest BCUT2D eigenvalue weighted by Gasteiger charge is -2.05. The second-order valence-corrected chi connectivity index (χ2v) is 6.09. The monoisotopic (exact) mass is 377 g/mol. The van der Waals surface area contributed by atoms with E-state index in [0.717, 1.165) is 17.3 Å². The van der Waals surface area contributed by atoms with Crippen molar-refractivity contribution in [2.24, 2.45) is 0 Å². The van der Waals surface area contributed by atoms with Gasteiger partial charge in [-0.2, -0.15) is 9.18 Å². The van der Waals surface area contributed by atoms with Gasteiger partial charge in [0.05, 0.1) is 12.2 Å². The van der Waals surface area contributed by atoms with E-state index in [1.54, 1.807) is 24.3 Å². The summed E-state index contributed by atoms with van der Waals surface area (Å²) in [6.45, 7) is 3.26. The van der Waals surface area contributed by atoms with E-state index in [2.05, 4.69) is 14.5 Å². The Balaban J connectivity index is 2.33. The number of benzene rings is 1. The van der Waals surface area contributed by atoms with Crippen molar-refractivity contribution < 1.29 is 27.9 Å². The van der Waals surface area contributed by atoms with E-state index >= 15 is 0 Å². The van der Waals surface area contributed by atoms with Gasteiger partial charge in [-0.25, -0.2) is 14.2 Å². The number of aromatic nitrogens is 1. The first-order valence-electron chi connectivity index (χ1n) is 7.41. The summed E-state index contributed by atoms with van der Waals surface area (Å²) in [6.07, 6.45) is 0. The summed E-state index contributed by atoms with van der Waals surface area (Å²) in [5.41, 5.74) is 7.92. The van der Waals surface area contributed by atoms with Gasteiger partial charge < -0.3 is 10.3 Å². The Labute approximate surface area is 151 Å². The predicted octanol–water partition coefficient (Wildman–Crippen LogP) is 3.24. The van der Waals surface area contributed by atoms with Crippen molar-refractivity contribution >= 4 is 29.2 Å². The number of halogens is 2. The van der Waals surface area contributed by atoms with Gasteiger partial charge in [-0.05, 0) is 32.0 Å². The first kappa shape index (κ1) is 19.4. The summed E-state index contributed by atoms with van der Waals surface area (Å²) < 4.78 is 33.0. The number of hydrogen-bond acceptors (Lipinski definition) is 5. The molecule has 0 aliphatic heterocycles.